The first kappa shape index (κ1) is 14.6. The Balaban J connectivity index is 2.30. The highest BCUT2D eigenvalue weighted by Gasteiger charge is 2.32. The van der Waals surface area contributed by atoms with Crippen molar-refractivity contribution in [1.29, 1.82) is 0 Å². The molecule has 1 aromatic heterocycles. The van der Waals surface area contributed by atoms with Crippen molar-refractivity contribution in [2.75, 3.05) is 13.1 Å². The van der Waals surface area contributed by atoms with Crippen LogP contribution in [0.25, 0.3) is 0 Å². The van der Waals surface area contributed by atoms with Gasteiger partial charge in [-0.2, -0.15) is 5.10 Å². The largest absolute Gasteiger partial charge is 0.290 e. The molecule has 1 aliphatic rings. The smallest absolute Gasteiger partial charge is 0.273 e. The van der Waals surface area contributed by atoms with Crippen LogP contribution < -0.4 is 0 Å². The summed E-state index contributed by atoms with van der Waals surface area (Å²) < 4.78 is 1.60. The Kier molecular flexibility index (Phi) is 3.58. The van der Waals surface area contributed by atoms with E-state index in [0.29, 0.717) is 18.8 Å². The Hall–Kier alpha value is -1.85. The molecule has 20 heavy (non-hydrogen) atoms. The van der Waals surface area contributed by atoms with Crippen molar-refractivity contribution >= 4 is 11.8 Å². The second-order valence-electron chi connectivity index (χ2n) is 6.21. The van der Waals surface area contributed by atoms with E-state index < -0.39 is 0 Å². The molecule has 6 nitrogen and oxygen atoms in total. The molecular weight excluding hydrogens is 256 g/mol. The van der Waals surface area contributed by atoms with Crippen LogP contribution in [-0.4, -0.2) is 44.7 Å². The van der Waals surface area contributed by atoms with E-state index in [-0.39, 0.29) is 17.2 Å². The Morgan fingerprint density at radius 2 is 1.80 bits per heavy atom. The summed E-state index contributed by atoms with van der Waals surface area (Å²) in [5.41, 5.74) is 1.28. The molecule has 2 amide bonds. The first-order valence-corrected chi connectivity index (χ1v) is 6.86. The maximum Gasteiger partial charge on any atom is 0.290 e. The van der Waals surface area contributed by atoms with Crippen LogP contribution in [0.5, 0.6) is 0 Å². The van der Waals surface area contributed by atoms with Gasteiger partial charge < -0.3 is 0 Å². The second kappa shape index (κ2) is 4.92. The number of amides is 2. The van der Waals surface area contributed by atoms with E-state index in [2.05, 4.69) is 25.9 Å². The molecule has 2 heterocycles. The normalized spacial score (nSPS) is 15.8. The lowest BCUT2D eigenvalue weighted by molar-refractivity contribution is -0.138. The van der Waals surface area contributed by atoms with Crippen molar-refractivity contribution in [3.63, 3.8) is 0 Å². The maximum absolute atomic E-state index is 12.6. The molecule has 0 unspecified atom stereocenters. The first-order chi connectivity index (χ1) is 9.21. The van der Waals surface area contributed by atoms with Crippen LogP contribution in [0.1, 0.15) is 50.3 Å². The van der Waals surface area contributed by atoms with Gasteiger partial charge in [0.25, 0.3) is 5.91 Å². The first-order valence-electron chi connectivity index (χ1n) is 6.86. The fourth-order valence-corrected chi connectivity index (χ4v) is 2.32. The molecule has 0 N–H and O–H groups in total. The molecule has 1 fully saturated rings. The molecule has 0 atom stereocenters. The van der Waals surface area contributed by atoms with E-state index in [0.717, 1.165) is 12.1 Å². The van der Waals surface area contributed by atoms with Gasteiger partial charge in [-0.25, -0.2) is 5.01 Å². The van der Waals surface area contributed by atoms with Gasteiger partial charge in [0.15, 0.2) is 0 Å². The Morgan fingerprint density at radius 3 is 2.30 bits per heavy atom. The number of rotatable bonds is 1. The van der Waals surface area contributed by atoms with Gasteiger partial charge in [0.2, 0.25) is 5.91 Å². The number of aromatic nitrogens is 2. The van der Waals surface area contributed by atoms with Crippen LogP contribution in [0, 0.1) is 0 Å². The van der Waals surface area contributed by atoms with E-state index in [1.807, 2.05) is 6.07 Å². The van der Waals surface area contributed by atoms with Gasteiger partial charge in [0.05, 0.1) is 5.69 Å². The molecule has 0 aromatic carbocycles. The summed E-state index contributed by atoms with van der Waals surface area (Å²) in [5, 5.41) is 7.44. The van der Waals surface area contributed by atoms with Crippen molar-refractivity contribution in [3.8, 4) is 0 Å². The monoisotopic (exact) mass is 278 g/mol. The van der Waals surface area contributed by atoms with E-state index in [1.165, 1.54) is 16.9 Å². The van der Waals surface area contributed by atoms with Crippen LogP contribution in [0.15, 0.2) is 6.07 Å². The highest BCUT2D eigenvalue weighted by Crippen LogP contribution is 2.23. The quantitative estimate of drug-likeness (QED) is 0.778. The number of hydrogen-bond acceptors (Lipinski definition) is 3. The Labute approximate surface area is 119 Å². The summed E-state index contributed by atoms with van der Waals surface area (Å²) in [5.74, 6) is -0.266. The summed E-state index contributed by atoms with van der Waals surface area (Å²) in [4.78, 5) is 24.1. The van der Waals surface area contributed by atoms with Crippen molar-refractivity contribution in [3.05, 3.63) is 17.5 Å². The van der Waals surface area contributed by atoms with E-state index in [1.54, 1.807) is 11.7 Å². The molecule has 0 aliphatic carbocycles. The van der Waals surface area contributed by atoms with Gasteiger partial charge in [-0.15, -0.1) is 0 Å². The highest BCUT2D eigenvalue weighted by atomic mass is 16.2. The lowest BCUT2D eigenvalue weighted by atomic mass is 9.92. The molecule has 0 spiro atoms. The van der Waals surface area contributed by atoms with Gasteiger partial charge in [0, 0.05) is 32.5 Å². The minimum Gasteiger partial charge on any atom is -0.273 e. The molecule has 1 saturated heterocycles. The summed E-state index contributed by atoms with van der Waals surface area (Å²) in [6, 6.07) is 1.82. The number of hydrogen-bond donors (Lipinski definition) is 0. The molecule has 1 aromatic rings. The van der Waals surface area contributed by atoms with E-state index in [9.17, 15) is 9.59 Å². The lowest BCUT2D eigenvalue weighted by Gasteiger charge is -2.26. The summed E-state index contributed by atoms with van der Waals surface area (Å²) >= 11 is 0. The summed E-state index contributed by atoms with van der Waals surface area (Å²) in [6.45, 7) is 8.83. The molecule has 2 rings (SSSR count). The topological polar surface area (TPSA) is 58.4 Å². The predicted octanol–water partition coefficient (Wildman–Crippen LogP) is 1.33. The zero-order chi connectivity index (χ0) is 15.1. The number of aryl methyl sites for hydroxylation is 1. The fraction of sp³-hybridized carbons (Fsp3) is 0.643. The third-order valence-electron chi connectivity index (χ3n) is 3.50. The van der Waals surface area contributed by atoms with Crippen LogP contribution in [-0.2, 0) is 17.3 Å². The lowest BCUT2D eigenvalue weighted by Crippen LogP contribution is -2.44. The highest BCUT2D eigenvalue weighted by molar-refractivity contribution is 5.94. The summed E-state index contributed by atoms with van der Waals surface area (Å²) in [7, 11) is 1.76. The molecule has 110 valence electrons. The molecule has 6 heteroatoms. The number of nitrogens with zero attached hydrogens (tertiary/aromatic N) is 4. The van der Waals surface area contributed by atoms with Crippen molar-refractivity contribution < 1.29 is 9.59 Å². The van der Waals surface area contributed by atoms with Crippen molar-refractivity contribution in [2.24, 2.45) is 7.05 Å². The van der Waals surface area contributed by atoms with Crippen LogP contribution in [0.4, 0.5) is 0 Å². The van der Waals surface area contributed by atoms with Gasteiger partial charge in [0.1, 0.15) is 5.69 Å². The average molecular weight is 278 g/mol. The third-order valence-corrected chi connectivity index (χ3v) is 3.50. The van der Waals surface area contributed by atoms with Crippen molar-refractivity contribution in [2.45, 2.75) is 39.5 Å². The molecule has 0 radical (unpaired) electrons. The minimum atomic E-state index is -0.164. The van der Waals surface area contributed by atoms with Gasteiger partial charge in [-0.05, 0) is 12.5 Å². The van der Waals surface area contributed by atoms with Crippen molar-refractivity contribution in [1.82, 2.24) is 19.8 Å². The van der Waals surface area contributed by atoms with Crippen LogP contribution in [0.3, 0.4) is 0 Å². The zero-order valence-corrected chi connectivity index (χ0v) is 12.8. The predicted molar refractivity (Wildman–Crippen MR) is 74.9 cm³/mol. The molecule has 0 bridgehead atoms. The fourth-order valence-electron chi connectivity index (χ4n) is 2.32. The second-order valence-corrected chi connectivity index (χ2v) is 6.21. The van der Waals surface area contributed by atoms with E-state index in [4.69, 9.17) is 0 Å². The molecule has 0 saturated carbocycles. The SMILES string of the molecule is CC(=O)N1CCCN1C(=O)c1cc(C(C)(C)C)nn1C. The number of hydrazine groups is 1. The van der Waals surface area contributed by atoms with E-state index >= 15 is 0 Å². The van der Waals surface area contributed by atoms with Gasteiger partial charge >= 0.3 is 0 Å². The van der Waals surface area contributed by atoms with Crippen LogP contribution >= 0.6 is 0 Å². The minimum absolute atomic E-state index is 0.103. The number of carbonyl (C=O) groups is 2. The zero-order valence-electron chi connectivity index (χ0n) is 12.8. The van der Waals surface area contributed by atoms with Crippen LogP contribution in [0.2, 0.25) is 0 Å². The Morgan fingerprint density at radius 1 is 1.20 bits per heavy atom. The molecule has 1 aliphatic heterocycles. The Bertz CT molecular complexity index is 542. The maximum atomic E-state index is 12.6. The third kappa shape index (κ3) is 2.55. The van der Waals surface area contributed by atoms with Gasteiger partial charge in [-0.3, -0.25) is 19.3 Å². The molecular formula is C14H22N4O2. The average Bonchev–Trinajstić information content (AvgIpc) is 2.92. The summed E-state index contributed by atoms with van der Waals surface area (Å²) in [6.07, 6.45) is 0.815. The van der Waals surface area contributed by atoms with Gasteiger partial charge in [-0.1, -0.05) is 20.8 Å². The number of carbonyl (C=O) groups excluding carboxylic acids is 2. The standard InChI is InChI=1S/C14H22N4O2/c1-10(19)17-7-6-8-18(17)13(20)11-9-12(14(2,3)4)15-16(11)5/h9H,6-8H2,1-5H3.